The van der Waals surface area contributed by atoms with Gasteiger partial charge >= 0.3 is 5.69 Å². The molecule has 0 saturated carbocycles. The Labute approximate surface area is 165 Å². The Hall–Kier alpha value is -3.82. The quantitative estimate of drug-likeness (QED) is 0.575. The van der Waals surface area contributed by atoms with E-state index in [1.54, 1.807) is 32.4 Å². The molecule has 2 heterocycles. The van der Waals surface area contributed by atoms with E-state index in [1.165, 1.54) is 16.8 Å². The maximum Gasteiger partial charge on any atom is 0.328 e. The Kier molecular flexibility index (Phi) is 6.12. The summed E-state index contributed by atoms with van der Waals surface area (Å²) in [5.41, 5.74) is 0.267. The molecule has 0 fully saturated rings. The number of ether oxygens (including phenoxy) is 2. The summed E-state index contributed by atoms with van der Waals surface area (Å²) < 4.78 is 17.1. The maximum atomic E-state index is 12.0. The highest BCUT2D eigenvalue weighted by molar-refractivity contribution is 5.75. The molecule has 10 heteroatoms. The molecule has 0 aliphatic heterocycles. The number of aromatic amines is 1. The van der Waals surface area contributed by atoms with Gasteiger partial charge in [0, 0.05) is 36.9 Å². The van der Waals surface area contributed by atoms with Crippen molar-refractivity contribution < 1.29 is 18.8 Å². The van der Waals surface area contributed by atoms with E-state index >= 15 is 0 Å². The summed E-state index contributed by atoms with van der Waals surface area (Å²) in [7, 11) is 3.10. The number of carbonyl (C=O) groups excluding carboxylic acids is 1. The number of amides is 1. The molecule has 29 heavy (non-hydrogen) atoms. The average Bonchev–Trinajstić information content (AvgIpc) is 3.20. The fraction of sp³-hybridized carbons (Fsp3) is 0.263. The predicted molar refractivity (Wildman–Crippen MR) is 103 cm³/mol. The van der Waals surface area contributed by atoms with Crippen LogP contribution in [0.2, 0.25) is 0 Å². The van der Waals surface area contributed by atoms with Gasteiger partial charge in [-0.2, -0.15) is 0 Å². The van der Waals surface area contributed by atoms with Crippen molar-refractivity contribution in [3.63, 3.8) is 0 Å². The molecule has 0 atom stereocenters. The van der Waals surface area contributed by atoms with Crippen LogP contribution >= 0.6 is 0 Å². The first kappa shape index (κ1) is 19.9. The van der Waals surface area contributed by atoms with Crippen LogP contribution in [0, 0.1) is 0 Å². The minimum Gasteiger partial charge on any atom is -0.493 e. The smallest absolute Gasteiger partial charge is 0.328 e. The summed E-state index contributed by atoms with van der Waals surface area (Å²) in [5.74, 6) is 1.42. The minimum absolute atomic E-state index is 0.0757. The number of aromatic nitrogens is 3. The van der Waals surface area contributed by atoms with Crippen LogP contribution in [-0.4, -0.2) is 34.8 Å². The van der Waals surface area contributed by atoms with E-state index in [0.29, 0.717) is 23.0 Å². The molecule has 0 spiro atoms. The highest BCUT2D eigenvalue weighted by Crippen LogP contribution is 2.32. The molecular formula is C19H20N4O6. The van der Waals surface area contributed by atoms with E-state index in [2.05, 4.69) is 15.5 Å². The van der Waals surface area contributed by atoms with E-state index in [0.717, 1.165) is 5.56 Å². The highest BCUT2D eigenvalue weighted by Gasteiger charge is 2.12. The molecule has 152 valence electrons. The van der Waals surface area contributed by atoms with Crippen LogP contribution in [0.15, 0.2) is 50.6 Å². The lowest BCUT2D eigenvalue weighted by Gasteiger charge is -2.07. The third-order valence-electron chi connectivity index (χ3n) is 4.17. The van der Waals surface area contributed by atoms with Gasteiger partial charge in [-0.25, -0.2) is 4.79 Å². The second-order valence-electron chi connectivity index (χ2n) is 6.08. The van der Waals surface area contributed by atoms with Gasteiger partial charge in [-0.1, -0.05) is 5.16 Å². The number of hydrogen-bond donors (Lipinski definition) is 2. The Morgan fingerprint density at radius 2 is 1.97 bits per heavy atom. The van der Waals surface area contributed by atoms with Crippen molar-refractivity contribution in [3.05, 3.63) is 63.1 Å². The zero-order chi connectivity index (χ0) is 20.8. The van der Waals surface area contributed by atoms with Gasteiger partial charge in [0.15, 0.2) is 17.3 Å². The van der Waals surface area contributed by atoms with Gasteiger partial charge in [-0.05, 0) is 18.2 Å². The van der Waals surface area contributed by atoms with Crippen LogP contribution in [0.4, 0.5) is 0 Å². The summed E-state index contributed by atoms with van der Waals surface area (Å²) in [6.45, 7) is 0.327. The number of nitrogens with zero attached hydrogens (tertiary/aromatic N) is 2. The molecule has 2 N–H and O–H groups in total. The molecule has 10 nitrogen and oxygen atoms in total. The van der Waals surface area contributed by atoms with E-state index in [9.17, 15) is 14.4 Å². The first-order chi connectivity index (χ1) is 14.0. The Morgan fingerprint density at radius 3 is 2.69 bits per heavy atom. The van der Waals surface area contributed by atoms with Crippen molar-refractivity contribution in [1.82, 2.24) is 20.0 Å². The first-order valence-corrected chi connectivity index (χ1v) is 8.74. The molecule has 2 aromatic heterocycles. The van der Waals surface area contributed by atoms with Gasteiger partial charge in [-0.3, -0.25) is 14.6 Å². The summed E-state index contributed by atoms with van der Waals surface area (Å²) >= 11 is 0. The number of hydrogen-bond acceptors (Lipinski definition) is 7. The number of aryl methyl sites for hydroxylation is 1. The normalized spacial score (nSPS) is 10.6. The number of carbonyl (C=O) groups is 1. The molecule has 1 amide bonds. The number of rotatable bonds is 8. The topological polar surface area (TPSA) is 128 Å². The lowest BCUT2D eigenvalue weighted by atomic mass is 10.1. The zero-order valence-corrected chi connectivity index (χ0v) is 15.9. The van der Waals surface area contributed by atoms with E-state index < -0.39 is 11.2 Å². The van der Waals surface area contributed by atoms with Crippen molar-refractivity contribution in [3.8, 4) is 22.8 Å². The van der Waals surface area contributed by atoms with Gasteiger partial charge in [0.25, 0.3) is 5.56 Å². The largest absolute Gasteiger partial charge is 0.493 e. The van der Waals surface area contributed by atoms with E-state index in [-0.39, 0.29) is 25.4 Å². The molecule has 0 aliphatic rings. The Balaban J connectivity index is 1.57. The van der Waals surface area contributed by atoms with Crippen LogP contribution in [-0.2, 0) is 17.9 Å². The third-order valence-corrected chi connectivity index (χ3v) is 4.17. The maximum absolute atomic E-state index is 12.0. The van der Waals surface area contributed by atoms with Crippen LogP contribution in [0.5, 0.6) is 11.5 Å². The Bertz CT molecular complexity index is 1110. The molecule has 0 radical (unpaired) electrons. The summed E-state index contributed by atoms with van der Waals surface area (Å²) in [5, 5.41) is 6.66. The van der Waals surface area contributed by atoms with Crippen LogP contribution < -0.4 is 26.0 Å². The third kappa shape index (κ3) is 4.92. The Morgan fingerprint density at radius 1 is 1.17 bits per heavy atom. The van der Waals surface area contributed by atoms with Crippen molar-refractivity contribution in [1.29, 1.82) is 0 Å². The number of methoxy groups -OCH3 is 2. The number of nitrogens with one attached hydrogen (secondary N) is 2. The number of H-pyrrole nitrogens is 1. The molecule has 3 rings (SSSR count). The lowest BCUT2D eigenvalue weighted by molar-refractivity contribution is -0.121. The molecular weight excluding hydrogens is 380 g/mol. The molecule has 3 aromatic rings. The second kappa shape index (κ2) is 8.91. The van der Waals surface area contributed by atoms with Gasteiger partial charge in [0.1, 0.15) is 5.69 Å². The summed E-state index contributed by atoms with van der Waals surface area (Å²) in [6.07, 6.45) is 1.42. The standard InChI is InChI=1S/C19H20N4O6/c1-27-14-4-3-12(9-16(14)28-2)15-10-13(22-29-15)11-20-17(24)5-7-23-8-6-18(25)21-19(23)26/h3-4,6,8-10H,5,7,11H2,1-2H3,(H,20,24)(H,21,25,26). The summed E-state index contributed by atoms with van der Waals surface area (Å²) in [6, 6.07) is 8.28. The van der Waals surface area contributed by atoms with Crippen molar-refractivity contribution >= 4 is 5.91 Å². The first-order valence-electron chi connectivity index (χ1n) is 8.74. The fourth-order valence-corrected chi connectivity index (χ4v) is 2.64. The zero-order valence-electron chi connectivity index (χ0n) is 15.9. The molecule has 0 unspecified atom stereocenters. The molecule has 1 aromatic carbocycles. The van der Waals surface area contributed by atoms with Crippen molar-refractivity contribution in [2.75, 3.05) is 14.2 Å². The SMILES string of the molecule is COc1ccc(-c2cc(CNC(=O)CCn3ccc(=O)[nH]c3=O)no2)cc1OC. The summed E-state index contributed by atoms with van der Waals surface area (Å²) in [4.78, 5) is 36.8. The van der Waals surface area contributed by atoms with Crippen LogP contribution in [0.1, 0.15) is 12.1 Å². The highest BCUT2D eigenvalue weighted by atomic mass is 16.5. The molecule has 0 saturated heterocycles. The van der Waals surface area contributed by atoms with Crippen molar-refractivity contribution in [2.24, 2.45) is 0 Å². The van der Waals surface area contributed by atoms with Crippen LogP contribution in [0.3, 0.4) is 0 Å². The lowest BCUT2D eigenvalue weighted by Crippen LogP contribution is -2.31. The minimum atomic E-state index is -0.554. The van der Waals surface area contributed by atoms with Gasteiger partial charge in [0.2, 0.25) is 5.91 Å². The average molecular weight is 400 g/mol. The van der Waals surface area contributed by atoms with Gasteiger partial charge in [-0.15, -0.1) is 0 Å². The van der Waals surface area contributed by atoms with Crippen molar-refractivity contribution in [2.45, 2.75) is 19.5 Å². The van der Waals surface area contributed by atoms with Gasteiger partial charge in [0.05, 0.1) is 20.8 Å². The number of benzene rings is 1. The molecule has 0 aliphatic carbocycles. The van der Waals surface area contributed by atoms with E-state index in [1.807, 2.05) is 6.07 Å². The van der Waals surface area contributed by atoms with Gasteiger partial charge < -0.3 is 23.9 Å². The fourth-order valence-electron chi connectivity index (χ4n) is 2.64. The predicted octanol–water partition coefficient (Wildman–Crippen LogP) is 0.915. The van der Waals surface area contributed by atoms with E-state index in [4.69, 9.17) is 14.0 Å². The second-order valence-corrected chi connectivity index (χ2v) is 6.08. The van der Waals surface area contributed by atoms with Crippen LogP contribution in [0.25, 0.3) is 11.3 Å². The molecule has 0 bridgehead atoms. The monoisotopic (exact) mass is 400 g/mol.